The number of aryl methyl sites for hydroxylation is 2. The third-order valence-electron chi connectivity index (χ3n) is 4.41. The molecule has 3 aromatic rings. The summed E-state index contributed by atoms with van der Waals surface area (Å²) in [4.78, 5) is 39.0. The summed E-state index contributed by atoms with van der Waals surface area (Å²) >= 11 is 0. The first-order valence-corrected chi connectivity index (χ1v) is 7.82. The number of fused-ring (bicyclic) bond motifs is 2. The minimum absolute atomic E-state index is 0.252. The van der Waals surface area contributed by atoms with Crippen LogP contribution in [0.25, 0.3) is 21.8 Å². The van der Waals surface area contributed by atoms with Gasteiger partial charge >= 0.3 is 12.1 Å². The molecule has 0 spiro atoms. The van der Waals surface area contributed by atoms with Gasteiger partial charge in [-0.05, 0) is 38.0 Å². The zero-order valence-electron chi connectivity index (χ0n) is 14.4. The molecule has 0 saturated carbocycles. The Bertz CT molecular complexity index is 1030. The van der Waals surface area contributed by atoms with Crippen LogP contribution in [0, 0.1) is 13.8 Å². The minimum atomic E-state index is -0.592. The highest BCUT2D eigenvalue weighted by Crippen LogP contribution is 2.35. The van der Waals surface area contributed by atoms with Crippen molar-refractivity contribution in [3.05, 3.63) is 34.6 Å². The Labute approximate surface area is 143 Å². The number of H-pyrrole nitrogens is 1. The number of aromatic amines is 1. The van der Waals surface area contributed by atoms with E-state index in [9.17, 15) is 14.4 Å². The van der Waals surface area contributed by atoms with Gasteiger partial charge in [-0.25, -0.2) is 9.59 Å². The molecule has 130 valence electrons. The predicted molar refractivity (Wildman–Crippen MR) is 92.4 cm³/mol. The molecule has 0 aliphatic carbocycles. The highest BCUT2D eigenvalue weighted by atomic mass is 16.5. The van der Waals surface area contributed by atoms with Crippen molar-refractivity contribution in [3.8, 4) is 0 Å². The molecule has 7 nitrogen and oxygen atoms in total. The Morgan fingerprint density at radius 2 is 2.00 bits per heavy atom. The number of nitrogens with one attached hydrogen (secondary N) is 1. The Morgan fingerprint density at radius 3 is 2.60 bits per heavy atom. The minimum Gasteiger partial charge on any atom is -0.461 e. The van der Waals surface area contributed by atoms with E-state index < -0.39 is 12.1 Å². The van der Waals surface area contributed by atoms with Crippen LogP contribution in [0.15, 0.2) is 12.3 Å². The van der Waals surface area contributed by atoms with Gasteiger partial charge in [-0.2, -0.15) is 0 Å². The van der Waals surface area contributed by atoms with Gasteiger partial charge in [0.2, 0.25) is 0 Å². The Morgan fingerprint density at radius 1 is 1.28 bits per heavy atom. The molecule has 0 saturated heterocycles. The molecule has 3 rings (SSSR count). The normalized spacial score (nSPS) is 11.0. The Balaban J connectivity index is 2.45. The molecule has 0 bridgehead atoms. The molecule has 0 radical (unpaired) electrons. The van der Waals surface area contributed by atoms with Crippen molar-refractivity contribution in [2.24, 2.45) is 0 Å². The average Bonchev–Trinajstić information content (AvgIpc) is 3.18. The second-order valence-electron chi connectivity index (χ2n) is 5.67. The number of esters is 1. The van der Waals surface area contributed by atoms with Gasteiger partial charge in [-0.3, -0.25) is 9.36 Å². The molecule has 2 heterocycles. The maximum Gasteiger partial charge on any atom is 0.418 e. The van der Waals surface area contributed by atoms with Crippen molar-refractivity contribution < 1.29 is 23.9 Å². The molecular weight excluding hydrogens is 324 g/mol. The number of hydrogen-bond donors (Lipinski definition) is 1. The van der Waals surface area contributed by atoms with Gasteiger partial charge in [0.25, 0.3) is 0 Å². The number of aldehydes is 1. The molecular formula is C18H18N2O5. The maximum atomic E-state index is 12.2. The number of methoxy groups -OCH3 is 1. The fraction of sp³-hybridized carbons (Fsp3) is 0.278. The van der Waals surface area contributed by atoms with Crippen LogP contribution in [0.5, 0.6) is 0 Å². The summed E-state index contributed by atoms with van der Waals surface area (Å²) in [5, 5.41) is 1.53. The number of carbonyl (C=O) groups is 3. The maximum absolute atomic E-state index is 12.2. The number of benzene rings is 1. The number of ether oxygens (including phenoxy) is 2. The number of carbonyl (C=O) groups excluding carboxylic acids is 3. The summed E-state index contributed by atoms with van der Waals surface area (Å²) < 4.78 is 11.1. The van der Waals surface area contributed by atoms with Crippen molar-refractivity contribution in [2.45, 2.75) is 20.8 Å². The van der Waals surface area contributed by atoms with Crippen LogP contribution < -0.4 is 0 Å². The standard InChI is InChI=1S/C18H18N2O5/c1-5-25-17(22)14-10(3)13-9(2)11-6-7-20(18(23)24-4)16(11)12(8-21)15(13)19-14/h6-8,19H,5H2,1-4H3. The monoisotopic (exact) mass is 342 g/mol. The third kappa shape index (κ3) is 2.31. The molecule has 1 N–H and O–H groups in total. The van der Waals surface area contributed by atoms with E-state index >= 15 is 0 Å². The second-order valence-corrected chi connectivity index (χ2v) is 5.67. The predicted octanol–water partition coefficient (Wildman–Crippen LogP) is 3.34. The summed E-state index contributed by atoms with van der Waals surface area (Å²) in [5.74, 6) is -0.479. The summed E-state index contributed by atoms with van der Waals surface area (Å²) in [6.07, 6.45) is 1.65. The van der Waals surface area contributed by atoms with Gasteiger partial charge in [-0.1, -0.05) is 0 Å². The smallest absolute Gasteiger partial charge is 0.418 e. The van der Waals surface area contributed by atoms with E-state index in [1.807, 2.05) is 6.92 Å². The van der Waals surface area contributed by atoms with Crippen molar-refractivity contribution in [3.63, 3.8) is 0 Å². The number of aromatic nitrogens is 2. The van der Waals surface area contributed by atoms with Crippen LogP contribution in [-0.2, 0) is 9.47 Å². The molecule has 0 aliphatic rings. The fourth-order valence-corrected chi connectivity index (χ4v) is 3.30. The quantitative estimate of drug-likeness (QED) is 0.582. The molecule has 7 heteroatoms. The van der Waals surface area contributed by atoms with Crippen LogP contribution in [0.1, 0.15) is 38.9 Å². The van der Waals surface area contributed by atoms with Gasteiger partial charge < -0.3 is 14.5 Å². The average molecular weight is 342 g/mol. The van der Waals surface area contributed by atoms with E-state index in [0.29, 0.717) is 34.1 Å². The van der Waals surface area contributed by atoms with E-state index in [4.69, 9.17) is 9.47 Å². The van der Waals surface area contributed by atoms with Crippen LogP contribution in [0.2, 0.25) is 0 Å². The van der Waals surface area contributed by atoms with Gasteiger partial charge in [0.1, 0.15) is 5.69 Å². The highest BCUT2D eigenvalue weighted by molar-refractivity contribution is 6.16. The van der Waals surface area contributed by atoms with Gasteiger partial charge in [0.15, 0.2) is 6.29 Å². The highest BCUT2D eigenvalue weighted by Gasteiger charge is 2.24. The third-order valence-corrected chi connectivity index (χ3v) is 4.41. The molecule has 0 atom stereocenters. The Hall–Kier alpha value is -3.09. The molecule has 25 heavy (non-hydrogen) atoms. The lowest BCUT2D eigenvalue weighted by Gasteiger charge is -2.08. The lowest BCUT2D eigenvalue weighted by atomic mass is 9.99. The van der Waals surface area contributed by atoms with E-state index in [1.54, 1.807) is 26.1 Å². The van der Waals surface area contributed by atoms with E-state index in [0.717, 1.165) is 16.3 Å². The lowest BCUT2D eigenvalue weighted by Crippen LogP contribution is -2.11. The number of nitrogens with zero attached hydrogens (tertiary/aromatic N) is 1. The van der Waals surface area contributed by atoms with Crippen LogP contribution in [0.4, 0.5) is 4.79 Å². The Kier molecular flexibility index (Phi) is 4.08. The van der Waals surface area contributed by atoms with Crippen molar-refractivity contribution in [1.82, 2.24) is 9.55 Å². The van der Waals surface area contributed by atoms with E-state index in [-0.39, 0.29) is 6.61 Å². The van der Waals surface area contributed by atoms with Gasteiger partial charge in [0.05, 0.1) is 30.3 Å². The first-order chi connectivity index (χ1) is 12.0. The number of hydrogen-bond acceptors (Lipinski definition) is 5. The zero-order valence-corrected chi connectivity index (χ0v) is 14.4. The lowest BCUT2D eigenvalue weighted by molar-refractivity contribution is 0.0519. The van der Waals surface area contributed by atoms with Crippen molar-refractivity contribution in [2.75, 3.05) is 13.7 Å². The molecule has 0 fully saturated rings. The van der Waals surface area contributed by atoms with Gasteiger partial charge in [0, 0.05) is 17.0 Å². The van der Waals surface area contributed by atoms with Gasteiger partial charge in [-0.15, -0.1) is 0 Å². The van der Waals surface area contributed by atoms with Crippen molar-refractivity contribution >= 4 is 40.2 Å². The zero-order chi connectivity index (χ0) is 18.3. The molecule has 2 aromatic heterocycles. The van der Waals surface area contributed by atoms with Crippen LogP contribution in [-0.4, -0.2) is 41.6 Å². The topological polar surface area (TPSA) is 90.4 Å². The summed E-state index contributed by atoms with van der Waals surface area (Å²) in [7, 11) is 1.28. The van der Waals surface area contributed by atoms with E-state index in [1.165, 1.54) is 11.7 Å². The molecule has 0 aliphatic heterocycles. The molecule has 1 aromatic carbocycles. The van der Waals surface area contributed by atoms with Crippen LogP contribution in [0.3, 0.4) is 0 Å². The van der Waals surface area contributed by atoms with Crippen molar-refractivity contribution in [1.29, 1.82) is 0 Å². The fourth-order valence-electron chi connectivity index (χ4n) is 3.30. The summed E-state index contributed by atoms with van der Waals surface area (Å²) in [6, 6.07) is 1.75. The van der Waals surface area contributed by atoms with E-state index in [2.05, 4.69) is 4.98 Å². The number of rotatable bonds is 3. The SMILES string of the molecule is CCOC(=O)c1[nH]c2c(C=O)c3c(ccn3C(=O)OC)c(C)c2c1C. The first kappa shape index (κ1) is 16.8. The summed E-state index contributed by atoms with van der Waals surface area (Å²) in [5.41, 5.74) is 3.13. The first-order valence-electron chi connectivity index (χ1n) is 7.82. The molecule has 0 amide bonds. The second kappa shape index (κ2) is 6.08. The molecule has 0 unspecified atom stereocenters. The summed E-state index contributed by atoms with van der Waals surface area (Å²) in [6.45, 7) is 5.67. The van der Waals surface area contributed by atoms with Crippen LogP contribution >= 0.6 is 0 Å². The largest absolute Gasteiger partial charge is 0.461 e.